The normalized spacial score (nSPS) is 10.4. The third-order valence-electron chi connectivity index (χ3n) is 4.60. The van der Waals surface area contributed by atoms with Crippen LogP contribution in [0.1, 0.15) is 11.1 Å². The third-order valence-corrected chi connectivity index (χ3v) is 5.68. The lowest BCUT2D eigenvalue weighted by molar-refractivity contribution is 1.11. The number of nitriles is 2. The molecule has 6 heteroatoms. The Bertz CT molecular complexity index is 1330. The van der Waals surface area contributed by atoms with Gasteiger partial charge in [0.25, 0.3) is 0 Å². The molecule has 0 atom stereocenters. The van der Waals surface area contributed by atoms with E-state index >= 15 is 0 Å². The van der Waals surface area contributed by atoms with Crippen molar-refractivity contribution in [3.8, 4) is 23.3 Å². The Balaban J connectivity index is 2.03. The van der Waals surface area contributed by atoms with Gasteiger partial charge < -0.3 is 11.5 Å². The number of fused-ring (bicyclic) bond motifs is 1. The lowest BCUT2D eigenvalue weighted by Gasteiger charge is -2.15. The van der Waals surface area contributed by atoms with Crippen LogP contribution >= 0.6 is 11.8 Å². The number of benzene rings is 3. The number of rotatable bonds is 3. The number of hydrogen-bond acceptors (Lipinski definition) is 6. The predicted molar refractivity (Wildman–Crippen MR) is 116 cm³/mol. The number of aromatic nitrogens is 1. The SMILES string of the molecule is N#Cc1c(N)nc(Sc2ccccc2N)c(C#N)c1-c1cccc2ccccc12. The summed E-state index contributed by atoms with van der Waals surface area (Å²) >= 11 is 1.26. The average Bonchev–Trinajstić information content (AvgIpc) is 2.74. The highest BCUT2D eigenvalue weighted by Gasteiger charge is 2.22. The summed E-state index contributed by atoms with van der Waals surface area (Å²) in [5.41, 5.74) is 14.6. The molecular weight excluding hydrogens is 378 g/mol. The zero-order chi connectivity index (χ0) is 20.4. The number of anilines is 2. The number of hydrogen-bond donors (Lipinski definition) is 2. The lowest BCUT2D eigenvalue weighted by atomic mass is 9.92. The van der Waals surface area contributed by atoms with Crippen LogP contribution in [-0.4, -0.2) is 4.98 Å². The van der Waals surface area contributed by atoms with Crippen LogP contribution < -0.4 is 11.5 Å². The Morgan fingerprint density at radius 1 is 0.793 bits per heavy atom. The summed E-state index contributed by atoms with van der Waals surface area (Å²) in [6, 6.07) is 25.3. The summed E-state index contributed by atoms with van der Waals surface area (Å²) in [6.07, 6.45) is 0. The molecule has 0 unspecified atom stereocenters. The Morgan fingerprint density at radius 2 is 1.48 bits per heavy atom. The van der Waals surface area contributed by atoms with E-state index in [-0.39, 0.29) is 11.4 Å². The topological polar surface area (TPSA) is 113 Å². The van der Waals surface area contributed by atoms with Crippen molar-refractivity contribution in [2.75, 3.05) is 11.5 Å². The fourth-order valence-electron chi connectivity index (χ4n) is 3.26. The van der Waals surface area contributed by atoms with Crippen molar-refractivity contribution in [1.29, 1.82) is 10.5 Å². The molecule has 4 aromatic rings. The van der Waals surface area contributed by atoms with Crippen molar-refractivity contribution >= 4 is 34.0 Å². The first kappa shape index (κ1) is 18.4. The van der Waals surface area contributed by atoms with Gasteiger partial charge in [0.15, 0.2) is 0 Å². The van der Waals surface area contributed by atoms with Crippen LogP contribution in [0.25, 0.3) is 21.9 Å². The fourth-order valence-corrected chi connectivity index (χ4v) is 4.20. The van der Waals surface area contributed by atoms with Gasteiger partial charge in [-0.3, -0.25) is 0 Å². The van der Waals surface area contributed by atoms with Crippen molar-refractivity contribution in [1.82, 2.24) is 4.98 Å². The molecule has 4 N–H and O–H groups in total. The minimum Gasteiger partial charge on any atom is -0.398 e. The van der Waals surface area contributed by atoms with Crippen LogP contribution in [0.15, 0.2) is 76.7 Å². The molecule has 0 fully saturated rings. The molecule has 0 bridgehead atoms. The van der Waals surface area contributed by atoms with Gasteiger partial charge in [-0.25, -0.2) is 4.98 Å². The van der Waals surface area contributed by atoms with Crippen LogP contribution in [0, 0.1) is 22.7 Å². The van der Waals surface area contributed by atoms with E-state index in [1.807, 2.05) is 60.7 Å². The Morgan fingerprint density at radius 3 is 2.24 bits per heavy atom. The van der Waals surface area contributed by atoms with E-state index in [1.54, 1.807) is 6.07 Å². The van der Waals surface area contributed by atoms with Gasteiger partial charge in [0.05, 0.1) is 5.56 Å². The quantitative estimate of drug-likeness (QED) is 0.476. The number of nitrogens with two attached hydrogens (primary N) is 2. The van der Waals surface area contributed by atoms with E-state index in [0.717, 1.165) is 21.2 Å². The maximum atomic E-state index is 10.0. The van der Waals surface area contributed by atoms with Gasteiger partial charge in [-0.1, -0.05) is 66.4 Å². The minimum atomic E-state index is 0.0893. The van der Waals surface area contributed by atoms with Gasteiger partial charge in [0.1, 0.15) is 28.5 Å². The standard InChI is InChI=1S/C23H15N5S/c24-12-17-21(16-9-5-7-14-6-1-2-8-15(14)16)18(13-25)23(28-22(17)27)29-20-11-4-3-10-19(20)26/h1-11H,26H2,(H2,27,28). The van der Waals surface area contributed by atoms with Crippen molar-refractivity contribution in [3.05, 3.63) is 77.9 Å². The highest BCUT2D eigenvalue weighted by Crippen LogP contribution is 2.41. The summed E-state index contributed by atoms with van der Waals surface area (Å²) in [4.78, 5) is 5.13. The molecule has 0 aliphatic rings. The highest BCUT2D eigenvalue weighted by molar-refractivity contribution is 7.99. The number of nitrogens with zero attached hydrogens (tertiary/aromatic N) is 3. The smallest absolute Gasteiger partial charge is 0.143 e. The second-order valence-electron chi connectivity index (χ2n) is 6.32. The zero-order valence-electron chi connectivity index (χ0n) is 15.3. The van der Waals surface area contributed by atoms with Crippen LogP contribution in [0.4, 0.5) is 11.5 Å². The number of pyridine rings is 1. The summed E-state index contributed by atoms with van der Waals surface area (Å²) in [5.74, 6) is 0.0893. The first-order valence-corrected chi connectivity index (χ1v) is 9.60. The molecule has 5 nitrogen and oxygen atoms in total. The summed E-state index contributed by atoms with van der Waals surface area (Å²) < 4.78 is 0. The number of nitrogen functional groups attached to an aromatic ring is 2. The molecule has 1 heterocycles. The predicted octanol–water partition coefficient (Wildman–Crippen LogP) is 4.96. The van der Waals surface area contributed by atoms with Gasteiger partial charge in [-0.05, 0) is 28.5 Å². The van der Waals surface area contributed by atoms with Crippen LogP contribution in [-0.2, 0) is 0 Å². The van der Waals surface area contributed by atoms with Gasteiger partial charge in [0, 0.05) is 16.1 Å². The molecule has 4 rings (SSSR count). The van der Waals surface area contributed by atoms with Crippen molar-refractivity contribution < 1.29 is 0 Å². The Kier molecular flexibility index (Phi) is 4.78. The molecule has 138 valence electrons. The van der Waals surface area contributed by atoms with Crippen LogP contribution in [0.2, 0.25) is 0 Å². The molecule has 1 aromatic heterocycles. The van der Waals surface area contributed by atoms with E-state index in [9.17, 15) is 10.5 Å². The lowest BCUT2D eigenvalue weighted by Crippen LogP contribution is -2.03. The minimum absolute atomic E-state index is 0.0893. The maximum Gasteiger partial charge on any atom is 0.143 e. The molecular formula is C23H15N5S. The number of para-hydroxylation sites is 1. The van der Waals surface area contributed by atoms with E-state index in [0.29, 0.717) is 21.8 Å². The third kappa shape index (κ3) is 3.23. The second kappa shape index (κ2) is 7.55. The molecule has 29 heavy (non-hydrogen) atoms. The molecule has 0 aliphatic carbocycles. The van der Waals surface area contributed by atoms with Gasteiger partial charge in [-0.2, -0.15) is 10.5 Å². The largest absolute Gasteiger partial charge is 0.398 e. The Hall–Kier alpha value is -4.00. The van der Waals surface area contributed by atoms with E-state index in [1.165, 1.54) is 11.8 Å². The zero-order valence-corrected chi connectivity index (χ0v) is 16.1. The highest BCUT2D eigenvalue weighted by atomic mass is 32.2. The molecule has 0 amide bonds. The monoisotopic (exact) mass is 393 g/mol. The van der Waals surface area contributed by atoms with Gasteiger partial charge >= 0.3 is 0 Å². The van der Waals surface area contributed by atoms with Crippen molar-refractivity contribution in [2.24, 2.45) is 0 Å². The Labute approximate surface area is 172 Å². The molecule has 0 spiro atoms. The van der Waals surface area contributed by atoms with E-state index in [2.05, 4.69) is 17.1 Å². The van der Waals surface area contributed by atoms with Gasteiger partial charge in [0.2, 0.25) is 0 Å². The van der Waals surface area contributed by atoms with Gasteiger partial charge in [-0.15, -0.1) is 0 Å². The van der Waals surface area contributed by atoms with Crippen LogP contribution in [0.3, 0.4) is 0 Å². The molecule has 0 radical (unpaired) electrons. The van der Waals surface area contributed by atoms with Crippen LogP contribution in [0.5, 0.6) is 0 Å². The summed E-state index contributed by atoms with van der Waals surface area (Å²) in [7, 11) is 0. The van der Waals surface area contributed by atoms with E-state index in [4.69, 9.17) is 11.5 Å². The maximum absolute atomic E-state index is 10.0. The summed E-state index contributed by atoms with van der Waals surface area (Å²) in [6.45, 7) is 0. The fraction of sp³-hybridized carbons (Fsp3) is 0. The first-order chi connectivity index (χ1) is 14.1. The first-order valence-electron chi connectivity index (χ1n) is 8.78. The van der Waals surface area contributed by atoms with Crippen molar-refractivity contribution in [2.45, 2.75) is 9.92 Å². The molecule has 0 saturated carbocycles. The van der Waals surface area contributed by atoms with Crippen molar-refractivity contribution in [3.63, 3.8) is 0 Å². The molecule has 0 aliphatic heterocycles. The summed E-state index contributed by atoms with van der Waals surface area (Å²) in [5, 5.41) is 22.1. The molecule has 3 aromatic carbocycles. The van der Waals surface area contributed by atoms with E-state index < -0.39 is 0 Å². The molecule has 0 saturated heterocycles. The average molecular weight is 393 g/mol. The second-order valence-corrected chi connectivity index (χ2v) is 7.35.